The summed E-state index contributed by atoms with van der Waals surface area (Å²) in [4.78, 5) is 5.01. The number of nitrogens with zero attached hydrogens (tertiary/aromatic N) is 2. The number of benzene rings is 4. The molecule has 0 unspecified atom stereocenters. The summed E-state index contributed by atoms with van der Waals surface area (Å²) in [5.41, 5.74) is 6.01. The molecule has 0 bridgehead atoms. The summed E-state index contributed by atoms with van der Waals surface area (Å²) >= 11 is 0. The number of fused-ring (bicyclic) bond motifs is 5. The van der Waals surface area contributed by atoms with E-state index in [0.717, 1.165) is 55.4 Å². The van der Waals surface area contributed by atoms with Crippen molar-refractivity contribution in [1.82, 2.24) is 9.55 Å². The fraction of sp³-hybridized carbons (Fsp3) is 0.156. The van der Waals surface area contributed by atoms with E-state index in [0.29, 0.717) is 11.1 Å². The van der Waals surface area contributed by atoms with Crippen LogP contribution in [0.4, 0.5) is 0 Å². The molecule has 3 heterocycles. The lowest BCUT2D eigenvalue weighted by Crippen LogP contribution is -2.08. The Labute approximate surface area is 211 Å². The van der Waals surface area contributed by atoms with Crippen molar-refractivity contribution in [2.75, 3.05) is 0 Å². The van der Waals surface area contributed by atoms with Crippen molar-refractivity contribution >= 4 is 43.9 Å². The minimum atomic E-state index is -1.51. The van der Waals surface area contributed by atoms with Gasteiger partial charge in [-0.05, 0) is 53.7 Å². The van der Waals surface area contributed by atoms with Crippen LogP contribution < -0.4 is 0 Å². The number of para-hydroxylation sites is 3. The first-order valence-electron chi connectivity index (χ1n) is 13.1. The van der Waals surface area contributed by atoms with Crippen LogP contribution in [0.5, 0.6) is 0 Å². The molecule has 4 aromatic carbocycles. The zero-order chi connectivity index (χ0) is 26.2. The smallest absolute Gasteiger partial charge is 0.149 e. The van der Waals surface area contributed by atoms with Crippen LogP contribution in [0, 0.1) is 5.41 Å². The van der Waals surface area contributed by atoms with Gasteiger partial charge in [-0.25, -0.2) is 4.98 Å². The van der Waals surface area contributed by atoms with Gasteiger partial charge in [0.15, 0.2) is 0 Å². The Bertz CT molecular complexity index is 2000. The van der Waals surface area contributed by atoms with E-state index in [1.807, 2.05) is 75.4 Å². The maximum absolute atomic E-state index is 8.69. The zero-order valence-corrected chi connectivity index (χ0v) is 20.4. The predicted molar refractivity (Wildman–Crippen MR) is 147 cm³/mol. The molecule has 0 aliphatic carbocycles. The molecule has 7 aromatic rings. The molecule has 0 saturated carbocycles. The molecule has 0 radical (unpaired) electrons. The van der Waals surface area contributed by atoms with E-state index in [-0.39, 0.29) is 0 Å². The topological polar surface area (TPSA) is 44.1 Å². The molecule has 0 atom stereocenters. The molecule has 36 heavy (non-hydrogen) atoms. The van der Waals surface area contributed by atoms with Gasteiger partial charge in [0.05, 0.1) is 22.3 Å². The van der Waals surface area contributed by atoms with Crippen LogP contribution in [-0.4, -0.2) is 9.55 Å². The molecule has 4 heteroatoms. The van der Waals surface area contributed by atoms with Crippen LogP contribution in [0.25, 0.3) is 61.0 Å². The first-order chi connectivity index (χ1) is 18.2. The van der Waals surface area contributed by atoms with E-state index in [9.17, 15) is 0 Å². The first kappa shape index (κ1) is 18.9. The largest absolute Gasteiger partial charge is 0.464 e. The van der Waals surface area contributed by atoms with Crippen LogP contribution in [0.15, 0.2) is 100 Å². The Morgan fingerprint density at radius 1 is 0.806 bits per heavy atom. The molecule has 176 valence electrons. The average molecular weight is 473 g/mol. The van der Waals surface area contributed by atoms with Crippen molar-refractivity contribution < 1.29 is 11.6 Å². The highest BCUT2D eigenvalue weighted by molar-refractivity contribution is 6.05. The summed E-state index contributed by atoms with van der Waals surface area (Å²) < 4.78 is 31.7. The minimum Gasteiger partial charge on any atom is -0.464 e. The third-order valence-corrected chi connectivity index (χ3v) is 6.52. The van der Waals surface area contributed by atoms with Gasteiger partial charge in [-0.1, -0.05) is 63.2 Å². The number of hydrogen-bond donors (Lipinski definition) is 0. The Morgan fingerprint density at radius 3 is 2.47 bits per heavy atom. The number of furan rings is 2. The number of hydrogen-bond acceptors (Lipinski definition) is 3. The first-order valence-corrected chi connectivity index (χ1v) is 12.1. The lowest BCUT2D eigenvalue weighted by molar-refractivity contribution is 0.411. The van der Waals surface area contributed by atoms with Crippen LogP contribution in [0.1, 0.15) is 29.1 Å². The minimum absolute atomic E-state index is 0.556. The van der Waals surface area contributed by atoms with Gasteiger partial charge in [-0.2, -0.15) is 0 Å². The summed E-state index contributed by atoms with van der Waals surface area (Å²) in [6.07, 6.45) is 0.210. The molecular formula is C32H26N2O2. The van der Waals surface area contributed by atoms with E-state index < -0.39 is 11.8 Å². The van der Waals surface area contributed by atoms with Crippen molar-refractivity contribution in [3.8, 4) is 17.1 Å². The fourth-order valence-electron chi connectivity index (χ4n) is 5.03. The molecule has 0 aliphatic rings. The summed E-state index contributed by atoms with van der Waals surface area (Å²) in [7, 11) is 0. The molecular weight excluding hydrogens is 444 g/mol. The van der Waals surface area contributed by atoms with Gasteiger partial charge in [-0.3, -0.25) is 4.57 Å². The van der Waals surface area contributed by atoms with E-state index in [2.05, 4.69) is 34.9 Å². The molecule has 0 saturated heterocycles. The van der Waals surface area contributed by atoms with Gasteiger partial charge in [0.1, 0.15) is 28.8 Å². The highest BCUT2D eigenvalue weighted by Crippen LogP contribution is 2.37. The van der Waals surface area contributed by atoms with Crippen LogP contribution >= 0.6 is 0 Å². The quantitative estimate of drug-likeness (QED) is 0.258. The van der Waals surface area contributed by atoms with Crippen LogP contribution in [-0.2, 0) is 6.37 Å². The lowest BCUT2D eigenvalue weighted by atomic mass is 9.88. The van der Waals surface area contributed by atoms with Crippen molar-refractivity contribution in [3.05, 3.63) is 96.8 Å². The highest BCUT2D eigenvalue weighted by atomic mass is 16.3. The summed E-state index contributed by atoms with van der Waals surface area (Å²) in [6.45, 7) is 5.73. The Balaban J connectivity index is 1.44. The number of imidazole rings is 1. The van der Waals surface area contributed by atoms with Gasteiger partial charge < -0.3 is 8.83 Å². The number of aromatic nitrogens is 2. The average Bonchev–Trinajstić information content (AvgIpc) is 3.59. The van der Waals surface area contributed by atoms with E-state index in [1.54, 1.807) is 6.26 Å². The van der Waals surface area contributed by atoms with Gasteiger partial charge in [0.2, 0.25) is 0 Å². The summed E-state index contributed by atoms with van der Waals surface area (Å²) in [6, 6.07) is 28.0. The Kier molecular flexibility index (Phi) is 4.00. The SMILES string of the molecule is [2H]C([2H])(c1ccc2c(-c3nc4ccccc4n3-c3ccc4c(c3)oc3ccccc34)coc2c1)C(C)(C)C. The summed E-state index contributed by atoms with van der Waals surface area (Å²) in [5, 5.41) is 3.06. The predicted octanol–water partition coefficient (Wildman–Crippen LogP) is 8.93. The second kappa shape index (κ2) is 7.59. The van der Waals surface area contributed by atoms with Gasteiger partial charge in [0, 0.05) is 25.0 Å². The second-order valence-corrected chi connectivity index (χ2v) is 10.3. The monoisotopic (exact) mass is 472 g/mol. The molecule has 0 aliphatic heterocycles. The molecule has 4 nitrogen and oxygen atoms in total. The van der Waals surface area contributed by atoms with Crippen molar-refractivity contribution in [2.24, 2.45) is 5.41 Å². The molecule has 0 spiro atoms. The van der Waals surface area contributed by atoms with Gasteiger partial charge in [0.25, 0.3) is 0 Å². The van der Waals surface area contributed by atoms with Gasteiger partial charge in [-0.15, -0.1) is 0 Å². The fourth-order valence-corrected chi connectivity index (χ4v) is 5.03. The van der Waals surface area contributed by atoms with E-state index >= 15 is 0 Å². The van der Waals surface area contributed by atoms with E-state index in [1.165, 1.54) is 0 Å². The molecule has 0 fully saturated rings. The highest BCUT2D eigenvalue weighted by Gasteiger charge is 2.20. The third-order valence-electron chi connectivity index (χ3n) is 6.52. The molecule has 0 N–H and O–H groups in total. The maximum Gasteiger partial charge on any atom is 0.149 e. The molecule has 3 aromatic heterocycles. The molecule has 0 amide bonds. The summed E-state index contributed by atoms with van der Waals surface area (Å²) in [5.74, 6) is 0.756. The lowest BCUT2D eigenvalue weighted by Gasteiger charge is -2.17. The standard InChI is InChI=1S/C32H26N2O2/c1-32(2,3)18-20-12-14-24-25(19-35-29(24)16-20)31-33-26-9-5-6-10-27(26)34(31)21-13-15-23-22-8-4-7-11-28(22)36-30(23)17-21/h4-17,19H,18H2,1-3H3/i18D2. The van der Waals surface area contributed by atoms with Gasteiger partial charge >= 0.3 is 0 Å². The number of rotatable bonds is 3. The Morgan fingerprint density at radius 2 is 1.58 bits per heavy atom. The van der Waals surface area contributed by atoms with E-state index in [4.69, 9.17) is 16.6 Å². The third kappa shape index (κ3) is 3.33. The normalized spacial score (nSPS) is 13.6. The zero-order valence-electron chi connectivity index (χ0n) is 22.4. The van der Waals surface area contributed by atoms with Crippen LogP contribution in [0.3, 0.4) is 0 Å². The van der Waals surface area contributed by atoms with Crippen molar-refractivity contribution in [3.63, 3.8) is 0 Å². The van der Waals surface area contributed by atoms with Crippen LogP contribution in [0.2, 0.25) is 0 Å². The van der Waals surface area contributed by atoms with Crippen molar-refractivity contribution in [1.29, 1.82) is 0 Å². The second-order valence-electron chi connectivity index (χ2n) is 10.3. The molecule has 7 rings (SSSR count). The van der Waals surface area contributed by atoms with Crippen molar-refractivity contribution in [2.45, 2.75) is 27.1 Å². The maximum atomic E-state index is 8.69. The Hall–Kier alpha value is -4.31.